The zero-order chi connectivity index (χ0) is 54.3. The first kappa shape index (κ1) is 72.9. The summed E-state index contributed by atoms with van der Waals surface area (Å²) in [7, 11) is 0. The Morgan fingerprint density at radius 3 is 0.747 bits per heavy atom. The average Bonchev–Trinajstić information content (AvgIpc) is 3.41. The number of esters is 3. The summed E-state index contributed by atoms with van der Waals surface area (Å²) < 4.78 is 16.9. The van der Waals surface area contributed by atoms with Crippen molar-refractivity contribution < 1.29 is 28.6 Å². The van der Waals surface area contributed by atoms with E-state index in [9.17, 15) is 14.4 Å². The number of carbonyl (C=O) groups excluding carboxylic acids is 3. The third-order valence-corrected chi connectivity index (χ3v) is 15.5. The first-order chi connectivity index (χ1) is 37.0. The van der Waals surface area contributed by atoms with Gasteiger partial charge in [0.05, 0.1) is 0 Å². The van der Waals surface area contributed by atoms with Crippen molar-refractivity contribution in [3.63, 3.8) is 0 Å². The van der Waals surface area contributed by atoms with Gasteiger partial charge in [0.2, 0.25) is 0 Å². The molecule has 0 spiro atoms. The lowest BCUT2D eigenvalue weighted by Gasteiger charge is -2.18. The number of unbranched alkanes of at least 4 members (excludes halogenated alkanes) is 48. The van der Waals surface area contributed by atoms with Gasteiger partial charge in [-0.05, 0) is 51.4 Å². The summed E-state index contributed by atoms with van der Waals surface area (Å²) in [5.74, 6) is -0.857. The van der Waals surface area contributed by atoms with Crippen LogP contribution in [0.5, 0.6) is 0 Å². The molecule has 0 bridgehead atoms. The van der Waals surface area contributed by atoms with E-state index in [0.717, 1.165) is 70.6 Å². The van der Waals surface area contributed by atoms with Gasteiger partial charge in [-0.1, -0.05) is 334 Å². The largest absolute Gasteiger partial charge is 0.462 e. The maximum absolute atomic E-state index is 12.9. The van der Waals surface area contributed by atoms with Crippen LogP contribution in [-0.4, -0.2) is 37.2 Å². The van der Waals surface area contributed by atoms with E-state index >= 15 is 0 Å². The fourth-order valence-electron chi connectivity index (χ4n) is 10.4. The Balaban J connectivity index is 4.01. The summed E-state index contributed by atoms with van der Waals surface area (Å²) in [6, 6.07) is 0. The van der Waals surface area contributed by atoms with Crippen LogP contribution in [0.1, 0.15) is 380 Å². The van der Waals surface area contributed by atoms with Crippen LogP contribution in [-0.2, 0) is 28.6 Å². The van der Waals surface area contributed by atoms with Crippen LogP contribution in [0.4, 0.5) is 0 Å². The fourth-order valence-corrected chi connectivity index (χ4v) is 10.4. The highest BCUT2D eigenvalue weighted by Gasteiger charge is 2.19. The van der Waals surface area contributed by atoms with E-state index in [1.807, 2.05) is 0 Å². The van der Waals surface area contributed by atoms with Crippen LogP contribution >= 0.6 is 0 Å². The van der Waals surface area contributed by atoms with Crippen molar-refractivity contribution in [1.29, 1.82) is 0 Å². The minimum Gasteiger partial charge on any atom is -0.462 e. The highest BCUT2D eigenvalue weighted by atomic mass is 16.6. The number of carbonyl (C=O) groups is 3. The zero-order valence-corrected chi connectivity index (χ0v) is 50.8. The van der Waals surface area contributed by atoms with Crippen LogP contribution in [0.15, 0.2) is 24.3 Å². The smallest absolute Gasteiger partial charge is 0.306 e. The molecule has 0 fully saturated rings. The second kappa shape index (κ2) is 64.4. The molecule has 1 unspecified atom stereocenters. The molecular weight excluding hydrogens is 925 g/mol. The molecule has 1 atom stereocenters. The van der Waals surface area contributed by atoms with Gasteiger partial charge in [-0.25, -0.2) is 0 Å². The Morgan fingerprint density at radius 2 is 0.480 bits per heavy atom. The van der Waals surface area contributed by atoms with Gasteiger partial charge in [0.15, 0.2) is 6.10 Å². The topological polar surface area (TPSA) is 78.9 Å². The van der Waals surface area contributed by atoms with Gasteiger partial charge in [-0.2, -0.15) is 0 Å². The Bertz CT molecular complexity index is 1210. The lowest BCUT2D eigenvalue weighted by atomic mass is 10.0. The first-order valence-electron chi connectivity index (χ1n) is 33.8. The van der Waals surface area contributed by atoms with Crippen molar-refractivity contribution in [1.82, 2.24) is 0 Å². The molecule has 0 amide bonds. The number of allylic oxidation sites excluding steroid dienone is 4. The lowest BCUT2D eigenvalue weighted by molar-refractivity contribution is -0.167. The van der Waals surface area contributed by atoms with Gasteiger partial charge in [0.1, 0.15) is 13.2 Å². The average molecular weight is 1060 g/mol. The molecule has 6 nitrogen and oxygen atoms in total. The summed E-state index contributed by atoms with van der Waals surface area (Å²) in [6.45, 7) is 6.65. The van der Waals surface area contributed by atoms with Gasteiger partial charge >= 0.3 is 17.9 Å². The molecule has 0 aromatic heterocycles. The summed E-state index contributed by atoms with van der Waals surface area (Å²) in [5.41, 5.74) is 0. The molecule has 0 aliphatic heterocycles. The zero-order valence-electron chi connectivity index (χ0n) is 50.8. The van der Waals surface area contributed by atoms with Crippen LogP contribution in [0.2, 0.25) is 0 Å². The van der Waals surface area contributed by atoms with Crippen molar-refractivity contribution in [2.24, 2.45) is 0 Å². The normalized spacial score (nSPS) is 12.1. The number of rotatable bonds is 63. The molecule has 0 aliphatic rings. The van der Waals surface area contributed by atoms with Crippen molar-refractivity contribution in [2.45, 2.75) is 386 Å². The molecule has 0 N–H and O–H groups in total. The molecule has 0 saturated heterocycles. The summed E-state index contributed by atoms with van der Waals surface area (Å²) in [6.07, 6.45) is 78.0. The SMILES string of the molecule is CCCCCC/C=C\C/C=C\CCCCCCCCCC(=O)OC(COC(=O)CCCCCCCCCC)COC(=O)CCCCCCCCCCCCCCCCCCCCCCCCCCCCCCCCC. The van der Waals surface area contributed by atoms with E-state index in [2.05, 4.69) is 45.1 Å². The van der Waals surface area contributed by atoms with E-state index in [0.29, 0.717) is 19.3 Å². The number of hydrogen-bond donors (Lipinski definition) is 0. The molecule has 0 heterocycles. The molecule has 0 aromatic carbocycles. The molecular formula is C69H130O6. The minimum absolute atomic E-state index is 0.0692. The van der Waals surface area contributed by atoms with Gasteiger partial charge < -0.3 is 14.2 Å². The quantitative estimate of drug-likeness (QED) is 0.0261. The third kappa shape index (κ3) is 62.6. The van der Waals surface area contributed by atoms with E-state index in [4.69, 9.17) is 14.2 Å². The highest BCUT2D eigenvalue weighted by Crippen LogP contribution is 2.18. The maximum atomic E-state index is 12.9. The predicted molar refractivity (Wildman–Crippen MR) is 326 cm³/mol. The standard InChI is InChI=1S/C69H130O6/c1-4-7-10-13-16-19-21-23-25-27-29-30-31-32-33-34-35-36-37-38-39-40-41-43-44-46-48-50-53-56-59-62-68(71)74-65-66(64-73-67(70)61-58-55-52-18-15-12-9-6-3)75-69(72)63-60-57-54-51-49-47-45-42-28-26-24-22-20-17-14-11-8-5-2/h20,22,26,28,66H,4-19,21,23-25,27,29-65H2,1-3H3/b22-20-,28-26-. The Morgan fingerprint density at radius 1 is 0.267 bits per heavy atom. The molecule has 0 rings (SSSR count). The van der Waals surface area contributed by atoms with Crippen molar-refractivity contribution >= 4 is 17.9 Å². The van der Waals surface area contributed by atoms with Crippen LogP contribution in [0, 0.1) is 0 Å². The van der Waals surface area contributed by atoms with E-state index in [-0.39, 0.29) is 31.1 Å². The molecule has 0 aliphatic carbocycles. The molecule has 6 heteroatoms. The first-order valence-corrected chi connectivity index (χ1v) is 33.8. The van der Waals surface area contributed by atoms with E-state index in [1.54, 1.807) is 0 Å². The monoisotopic (exact) mass is 1050 g/mol. The second-order valence-corrected chi connectivity index (χ2v) is 23.1. The molecule has 0 aromatic rings. The summed E-state index contributed by atoms with van der Waals surface area (Å²) >= 11 is 0. The van der Waals surface area contributed by atoms with Gasteiger partial charge in [-0.15, -0.1) is 0 Å². The highest BCUT2D eigenvalue weighted by molar-refractivity contribution is 5.71. The van der Waals surface area contributed by atoms with E-state index < -0.39 is 6.10 Å². The Kier molecular flexibility index (Phi) is 62.6. The number of hydrogen-bond acceptors (Lipinski definition) is 6. The Hall–Kier alpha value is -2.11. The summed E-state index contributed by atoms with van der Waals surface area (Å²) in [5, 5.41) is 0. The van der Waals surface area contributed by atoms with Crippen molar-refractivity contribution in [3.8, 4) is 0 Å². The fraction of sp³-hybridized carbons (Fsp3) is 0.899. The van der Waals surface area contributed by atoms with Gasteiger partial charge in [-0.3, -0.25) is 14.4 Å². The minimum atomic E-state index is -0.770. The van der Waals surface area contributed by atoms with Gasteiger partial charge in [0.25, 0.3) is 0 Å². The van der Waals surface area contributed by atoms with Crippen LogP contribution in [0.25, 0.3) is 0 Å². The molecule has 75 heavy (non-hydrogen) atoms. The second-order valence-electron chi connectivity index (χ2n) is 23.1. The number of ether oxygens (including phenoxy) is 3. The van der Waals surface area contributed by atoms with Crippen LogP contribution < -0.4 is 0 Å². The Labute approximate surface area is 468 Å². The lowest BCUT2D eigenvalue weighted by Crippen LogP contribution is -2.30. The van der Waals surface area contributed by atoms with Crippen LogP contribution in [0.3, 0.4) is 0 Å². The van der Waals surface area contributed by atoms with Crippen molar-refractivity contribution in [3.05, 3.63) is 24.3 Å². The molecule has 0 saturated carbocycles. The van der Waals surface area contributed by atoms with Crippen molar-refractivity contribution in [2.75, 3.05) is 13.2 Å². The predicted octanol–water partition coefficient (Wildman–Crippen LogP) is 23.0. The van der Waals surface area contributed by atoms with Gasteiger partial charge in [0, 0.05) is 19.3 Å². The molecule has 442 valence electrons. The summed E-state index contributed by atoms with van der Waals surface area (Å²) in [4.78, 5) is 38.1. The third-order valence-electron chi connectivity index (χ3n) is 15.5. The maximum Gasteiger partial charge on any atom is 0.306 e. The van der Waals surface area contributed by atoms with E-state index in [1.165, 1.54) is 270 Å². The molecule has 0 radical (unpaired) electrons.